The molecule has 2 rings (SSSR count). The number of likely N-dealkylation sites (N-methyl/N-ethyl adjacent to an activating group) is 1. The van der Waals surface area contributed by atoms with Crippen LogP contribution in [0, 0.1) is 0 Å². The number of carbonyl (C=O) groups excluding carboxylic acids is 2. The lowest BCUT2D eigenvalue weighted by Crippen LogP contribution is -2.28. The number of benzene rings is 1. The summed E-state index contributed by atoms with van der Waals surface area (Å²) in [6.45, 7) is 3.54. The van der Waals surface area contributed by atoms with Gasteiger partial charge in [0.05, 0.1) is 10.4 Å². The number of thiazole rings is 1. The fourth-order valence-corrected chi connectivity index (χ4v) is 2.49. The maximum absolute atomic E-state index is 12.1. The van der Waals surface area contributed by atoms with Crippen LogP contribution in [0.4, 0.5) is 5.69 Å². The second kappa shape index (κ2) is 7.66. The van der Waals surface area contributed by atoms with Crippen LogP contribution in [0.5, 0.6) is 0 Å². The quantitative estimate of drug-likeness (QED) is 0.790. The SMILES string of the molecule is C=CC(=O)N(C)c1ccc(C(=O)NCC(O)c2cncs2)cc1. The Bertz CT molecular complexity index is 683. The highest BCUT2D eigenvalue weighted by Crippen LogP contribution is 2.17. The van der Waals surface area contributed by atoms with Crippen LogP contribution in [0.2, 0.25) is 0 Å². The topological polar surface area (TPSA) is 82.5 Å². The summed E-state index contributed by atoms with van der Waals surface area (Å²) >= 11 is 1.33. The molecule has 0 bridgehead atoms. The van der Waals surface area contributed by atoms with E-state index in [9.17, 15) is 14.7 Å². The van der Waals surface area contributed by atoms with Crippen molar-refractivity contribution in [2.75, 3.05) is 18.5 Å². The van der Waals surface area contributed by atoms with Gasteiger partial charge in [-0.05, 0) is 30.3 Å². The van der Waals surface area contributed by atoms with Crippen LogP contribution < -0.4 is 10.2 Å². The number of aromatic nitrogens is 1. The first kappa shape index (κ1) is 16.9. The average molecular weight is 331 g/mol. The van der Waals surface area contributed by atoms with Gasteiger partial charge in [0.25, 0.3) is 5.91 Å². The highest BCUT2D eigenvalue weighted by Gasteiger charge is 2.13. The summed E-state index contributed by atoms with van der Waals surface area (Å²) in [5, 5.41) is 12.6. The van der Waals surface area contributed by atoms with Crippen LogP contribution in [0.25, 0.3) is 0 Å². The van der Waals surface area contributed by atoms with E-state index in [0.29, 0.717) is 16.1 Å². The molecule has 1 heterocycles. The molecule has 1 atom stereocenters. The Morgan fingerprint density at radius 2 is 2.13 bits per heavy atom. The van der Waals surface area contributed by atoms with Crippen molar-refractivity contribution in [1.82, 2.24) is 10.3 Å². The molecule has 0 radical (unpaired) electrons. The molecule has 6 nitrogen and oxygen atoms in total. The highest BCUT2D eigenvalue weighted by molar-refractivity contribution is 7.09. The summed E-state index contributed by atoms with van der Waals surface area (Å²) in [5.41, 5.74) is 2.74. The van der Waals surface area contributed by atoms with E-state index < -0.39 is 6.10 Å². The van der Waals surface area contributed by atoms with Crippen LogP contribution >= 0.6 is 11.3 Å². The van der Waals surface area contributed by atoms with Crippen LogP contribution in [0.1, 0.15) is 21.3 Å². The number of nitrogens with zero attached hydrogens (tertiary/aromatic N) is 2. The van der Waals surface area contributed by atoms with E-state index in [0.717, 1.165) is 0 Å². The molecule has 120 valence electrons. The second-order valence-corrected chi connectivity index (χ2v) is 5.70. The van der Waals surface area contributed by atoms with Gasteiger partial charge >= 0.3 is 0 Å². The molecule has 0 saturated carbocycles. The minimum atomic E-state index is -0.776. The Balaban J connectivity index is 1.95. The number of aliphatic hydroxyl groups excluding tert-OH is 1. The van der Waals surface area contributed by atoms with Gasteiger partial charge in [0, 0.05) is 31.0 Å². The number of anilines is 1. The molecule has 1 aromatic carbocycles. The molecule has 1 unspecified atom stereocenters. The minimum Gasteiger partial charge on any atom is -0.386 e. The third-order valence-electron chi connectivity index (χ3n) is 3.26. The molecule has 7 heteroatoms. The predicted octanol–water partition coefficient (Wildman–Crippen LogP) is 1.76. The lowest BCUT2D eigenvalue weighted by molar-refractivity contribution is -0.113. The van der Waals surface area contributed by atoms with E-state index in [-0.39, 0.29) is 18.4 Å². The monoisotopic (exact) mass is 331 g/mol. The highest BCUT2D eigenvalue weighted by atomic mass is 32.1. The number of nitrogens with one attached hydrogen (secondary N) is 1. The van der Waals surface area contributed by atoms with Crippen molar-refractivity contribution < 1.29 is 14.7 Å². The summed E-state index contributed by atoms with van der Waals surface area (Å²) in [7, 11) is 1.63. The van der Waals surface area contributed by atoms with Crippen LogP contribution in [-0.4, -0.2) is 35.5 Å². The van der Waals surface area contributed by atoms with Crippen molar-refractivity contribution in [3.8, 4) is 0 Å². The van der Waals surface area contributed by atoms with Gasteiger partial charge in [0.2, 0.25) is 5.91 Å². The van der Waals surface area contributed by atoms with Crippen molar-refractivity contribution in [2.45, 2.75) is 6.10 Å². The summed E-state index contributed by atoms with van der Waals surface area (Å²) in [5.74, 6) is -0.521. The zero-order valence-corrected chi connectivity index (χ0v) is 13.4. The van der Waals surface area contributed by atoms with Crippen molar-refractivity contribution in [3.05, 3.63) is 59.1 Å². The van der Waals surface area contributed by atoms with E-state index in [1.165, 1.54) is 22.3 Å². The number of amides is 2. The summed E-state index contributed by atoms with van der Waals surface area (Å²) in [6.07, 6.45) is 2.02. The minimum absolute atomic E-state index is 0.109. The number of hydrogen-bond acceptors (Lipinski definition) is 5. The molecule has 0 spiro atoms. The van der Waals surface area contributed by atoms with Crippen molar-refractivity contribution in [2.24, 2.45) is 0 Å². The smallest absolute Gasteiger partial charge is 0.251 e. The maximum Gasteiger partial charge on any atom is 0.251 e. The van der Waals surface area contributed by atoms with E-state index in [1.54, 1.807) is 43.0 Å². The zero-order chi connectivity index (χ0) is 16.8. The third-order valence-corrected chi connectivity index (χ3v) is 4.13. The van der Waals surface area contributed by atoms with Gasteiger partial charge in [-0.3, -0.25) is 14.6 Å². The first-order valence-corrected chi connectivity index (χ1v) is 7.75. The predicted molar refractivity (Wildman–Crippen MR) is 89.5 cm³/mol. The molecule has 23 heavy (non-hydrogen) atoms. The number of aliphatic hydroxyl groups is 1. The van der Waals surface area contributed by atoms with Crippen molar-refractivity contribution >= 4 is 28.8 Å². The molecule has 2 aromatic rings. The number of hydrogen-bond donors (Lipinski definition) is 2. The fourth-order valence-electron chi connectivity index (χ4n) is 1.88. The molecule has 0 saturated heterocycles. The Morgan fingerprint density at radius 1 is 1.43 bits per heavy atom. The Kier molecular flexibility index (Phi) is 5.61. The third kappa shape index (κ3) is 4.24. The molecule has 2 N–H and O–H groups in total. The molecule has 0 aliphatic heterocycles. The van der Waals surface area contributed by atoms with Gasteiger partial charge in [0.1, 0.15) is 6.10 Å². The van der Waals surface area contributed by atoms with E-state index >= 15 is 0 Å². The van der Waals surface area contributed by atoms with Crippen molar-refractivity contribution in [3.63, 3.8) is 0 Å². The van der Waals surface area contributed by atoms with Crippen LogP contribution in [-0.2, 0) is 4.79 Å². The molecular weight excluding hydrogens is 314 g/mol. The number of carbonyl (C=O) groups is 2. The normalized spacial score (nSPS) is 11.6. The average Bonchev–Trinajstić information content (AvgIpc) is 3.12. The summed E-state index contributed by atoms with van der Waals surface area (Å²) in [4.78, 5) is 29.6. The lowest BCUT2D eigenvalue weighted by Gasteiger charge is -2.15. The standard InChI is InChI=1S/C16H17N3O3S/c1-3-15(21)19(2)12-6-4-11(5-7-12)16(22)18-8-13(20)14-9-17-10-23-14/h3-7,9-10,13,20H,1,8H2,2H3,(H,18,22). The van der Waals surface area contributed by atoms with Crippen LogP contribution in [0.3, 0.4) is 0 Å². The fraction of sp³-hybridized carbons (Fsp3) is 0.188. The van der Waals surface area contributed by atoms with E-state index in [2.05, 4.69) is 16.9 Å². The van der Waals surface area contributed by atoms with Crippen LogP contribution in [0.15, 0.2) is 48.6 Å². The van der Waals surface area contributed by atoms with Gasteiger partial charge in [-0.2, -0.15) is 0 Å². The largest absolute Gasteiger partial charge is 0.386 e. The Morgan fingerprint density at radius 3 is 2.70 bits per heavy atom. The number of rotatable bonds is 6. The summed E-state index contributed by atoms with van der Waals surface area (Å²) in [6, 6.07) is 6.60. The zero-order valence-electron chi connectivity index (χ0n) is 12.6. The summed E-state index contributed by atoms with van der Waals surface area (Å²) < 4.78 is 0. The molecule has 0 aliphatic carbocycles. The second-order valence-electron chi connectivity index (χ2n) is 4.78. The van der Waals surface area contributed by atoms with Crippen molar-refractivity contribution in [1.29, 1.82) is 0 Å². The Labute approximate surface area is 138 Å². The lowest BCUT2D eigenvalue weighted by atomic mass is 10.1. The molecule has 2 amide bonds. The first-order valence-electron chi connectivity index (χ1n) is 6.87. The van der Waals surface area contributed by atoms with Gasteiger partial charge in [-0.15, -0.1) is 11.3 Å². The molecule has 0 aliphatic rings. The van der Waals surface area contributed by atoms with E-state index in [4.69, 9.17) is 0 Å². The van der Waals surface area contributed by atoms with Gasteiger partial charge < -0.3 is 15.3 Å². The van der Waals surface area contributed by atoms with E-state index in [1.807, 2.05) is 0 Å². The molecule has 0 fully saturated rings. The molecule has 1 aromatic heterocycles. The molecular formula is C16H17N3O3S. The van der Waals surface area contributed by atoms with Gasteiger partial charge in [0.15, 0.2) is 0 Å². The first-order chi connectivity index (χ1) is 11.0. The van der Waals surface area contributed by atoms with Gasteiger partial charge in [-0.25, -0.2) is 0 Å². The maximum atomic E-state index is 12.1. The van der Waals surface area contributed by atoms with Gasteiger partial charge in [-0.1, -0.05) is 6.58 Å². The Hall–Kier alpha value is -2.51.